The fraction of sp³-hybridized carbons (Fsp3) is 0.852. The predicted octanol–water partition coefficient (Wildman–Crippen LogP) is 4.27. The first-order valence-corrected chi connectivity index (χ1v) is 15.8. The molecule has 9 heteroatoms. The number of nitrogens with zero attached hydrogens (tertiary/aromatic N) is 2. The first-order valence-electron chi connectivity index (χ1n) is 14.4. The number of ether oxygens (including phenoxy) is 1. The van der Waals surface area contributed by atoms with Crippen LogP contribution in [0.4, 0.5) is 5.82 Å². The van der Waals surface area contributed by atoms with Crippen LogP contribution >= 0.6 is 0 Å². The molecule has 2 heterocycles. The van der Waals surface area contributed by atoms with Crippen molar-refractivity contribution in [3.63, 3.8) is 0 Å². The molecule has 0 radical (unpaired) electrons. The molecule has 0 bridgehead atoms. The topological polar surface area (TPSA) is 131 Å². The monoisotopic (exact) mass is 519 g/mol. The minimum absolute atomic E-state index is 0.0537. The summed E-state index contributed by atoms with van der Waals surface area (Å²) in [5.74, 6) is 0.0537. The van der Waals surface area contributed by atoms with E-state index >= 15 is 0 Å². The summed E-state index contributed by atoms with van der Waals surface area (Å²) in [6.07, 6.45) is 20.5. The van der Waals surface area contributed by atoms with Gasteiger partial charge in [-0.1, -0.05) is 39.0 Å². The number of aliphatic hydroxyl groups is 3. The van der Waals surface area contributed by atoms with Crippen molar-refractivity contribution in [1.29, 1.82) is 0 Å². The van der Waals surface area contributed by atoms with Gasteiger partial charge in [-0.05, 0) is 6.07 Å². The van der Waals surface area contributed by atoms with Crippen LogP contribution in [0.15, 0.2) is 17.1 Å². The maximum atomic E-state index is 11.5. The third-order valence-electron chi connectivity index (χ3n) is 6.85. The predicted molar refractivity (Wildman–Crippen MR) is 146 cm³/mol. The van der Waals surface area contributed by atoms with Crippen LogP contribution in [-0.2, 0) is 4.74 Å². The molecule has 0 unspecified atom stereocenters. The Morgan fingerprint density at radius 1 is 0.889 bits per heavy atom. The Labute approximate surface area is 235 Å². The van der Waals surface area contributed by atoms with Gasteiger partial charge in [0.05, 0.1) is 6.61 Å². The van der Waals surface area contributed by atoms with Crippen molar-refractivity contribution in [2.24, 2.45) is 0 Å². The Morgan fingerprint density at radius 3 is 1.75 bits per heavy atom. The van der Waals surface area contributed by atoms with E-state index in [1.165, 1.54) is 147 Å². The molecular weight excluding hydrogens is 469 g/mol. The van der Waals surface area contributed by atoms with Crippen LogP contribution in [0.1, 0.15) is 116 Å². The van der Waals surface area contributed by atoms with Crippen molar-refractivity contribution in [3.8, 4) is 0 Å². The zero-order chi connectivity index (χ0) is 26.6. The molecule has 1 fully saturated rings. The molecule has 8 nitrogen and oxygen atoms in total. The molecule has 0 aromatic carbocycles. The van der Waals surface area contributed by atoms with Gasteiger partial charge >= 0.3 is 108 Å². The fourth-order valence-corrected chi connectivity index (χ4v) is 5.03. The Morgan fingerprint density at radius 2 is 1.36 bits per heavy atom. The van der Waals surface area contributed by atoms with E-state index in [-0.39, 0.29) is 5.82 Å². The Hall–Kier alpha value is -0.480. The normalized spacial score (nSPS) is 21.4. The van der Waals surface area contributed by atoms with Crippen molar-refractivity contribution < 1.29 is 20.1 Å². The summed E-state index contributed by atoms with van der Waals surface area (Å²) < 4.78 is 7.70. The SMILES string of the molecule is CCCCCCCCCCCCCCCCC[CH2][Na].Nc1ccn([C@@H]2O[C@H](CO)[C@@H](O)[C@@H]2O)c(=O)n1. The number of nitrogens with two attached hydrogens (primary N) is 1. The van der Waals surface area contributed by atoms with Gasteiger partial charge in [0.2, 0.25) is 0 Å². The number of aliphatic hydroxyl groups excluding tert-OH is 3. The number of aromatic nitrogens is 2. The van der Waals surface area contributed by atoms with Gasteiger partial charge in [-0.3, -0.25) is 4.57 Å². The molecule has 1 aliphatic rings. The van der Waals surface area contributed by atoms with Gasteiger partial charge in [0, 0.05) is 6.20 Å². The van der Waals surface area contributed by atoms with E-state index in [4.69, 9.17) is 15.6 Å². The van der Waals surface area contributed by atoms with Crippen molar-refractivity contribution >= 4 is 33.7 Å². The average molecular weight is 520 g/mol. The summed E-state index contributed by atoms with van der Waals surface area (Å²) in [6, 6.07) is 1.37. The second kappa shape index (κ2) is 21.5. The molecule has 0 saturated carbocycles. The van der Waals surface area contributed by atoms with E-state index in [1.54, 1.807) is 0 Å². The summed E-state index contributed by atoms with van der Waals surface area (Å²) in [5, 5.41) is 28.2. The van der Waals surface area contributed by atoms with Crippen LogP contribution in [0.3, 0.4) is 0 Å². The van der Waals surface area contributed by atoms with E-state index in [0.29, 0.717) is 0 Å². The molecule has 1 aromatic rings. The van der Waals surface area contributed by atoms with Gasteiger partial charge in [0.1, 0.15) is 24.1 Å². The van der Waals surface area contributed by atoms with Gasteiger partial charge in [0.15, 0.2) is 6.23 Å². The molecule has 36 heavy (non-hydrogen) atoms. The van der Waals surface area contributed by atoms with Gasteiger partial charge in [-0.15, -0.1) is 0 Å². The van der Waals surface area contributed by atoms with E-state index < -0.39 is 36.8 Å². The zero-order valence-corrected chi connectivity index (χ0v) is 24.8. The van der Waals surface area contributed by atoms with Crippen molar-refractivity contribution in [2.45, 2.75) is 138 Å². The van der Waals surface area contributed by atoms with Crippen LogP contribution < -0.4 is 11.4 Å². The second-order valence-corrected chi connectivity index (χ2v) is 11.1. The largest absolute Gasteiger partial charge is 0.394 e. The number of nitrogen functional groups attached to an aromatic ring is 1. The van der Waals surface area contributed by atoms with E-state index in [9.17, 15) is 15.0 Å². The van der Waals surface area contributed by atoms with Crippen LogP contribution in [0.25, 0.3) is 0 Å². The molecular formula is C27H50N3NaO5. The Bertz CT molecular complexity index is 705. The standard InChI is InChI=1S/C18H37.C9H13N3O5.Na/c1-3-5-7-9-11-13-15-17-18-16-14-12-10-8-6-4-2;10-5-1-2-12(9(16)11-5)8-7(15)6(14)4(3-13)17-8;/h1,3-18H2,2H3;1-2,4,6-8,13-15H,3H2,(H2,10,11,16);/t;4-,6-,7+,8-;/m.1./s1. The molecule has 1 saturated heterocycles. The fourth-order valence-electron chi connectivity index (χ4n) is 4.53. The van der Waals surface area contributed by atoms with Crippen LogP contribution in [0.5, 0.6) is 0 Å². The Balaban J connectivity index is 0.000000361. The molecule has 0 aliphatic carbocycles. The summed E-state index contributed by atoms with van der Waals surface area (Å²) in [6.45, 7) is 1.84. The van der Waals surface area contributed by atoms with Crippen LogP contribution in [-0.4, -0.2) is 77.7 Å². The average Bonchev–Trinajstić information content (AvgIpc) is 3.15. The van der Waals surface area contributed by atoms with Crippen LogP contribution in [0.2, 0.25) is 3.67 Å². The van der Waals surface area contributed by atoms with Gasteiger partial charge in [0.25, 0.3) is 0 Å². The third-order valence-corrected chi connectivity index (χ3v) is 7.56. The number of anilines is 1. The second-order valence-electron chi connectivity index (χ2n) is 10.1. The van der Waals surface area contributed by atoms with Gasteiger partial charge in [-0.25, -0.2) is 4.79 Å². The van der Waals surface area contributed by atoms with E-state index in [0.717, 1.165) is 4.57 Å². The van der Waals surface area contributed by atoms with Crippen molar-refractivity contribution in [1.82, 2.24) is 9.55 Å². The molecule has 0 spiro atoms. The van der Waals surface area contributed by atoms with Gasteiger partial charge < -0.3 is 25.8 Å². The maximum Gasteiger partial charge on any atom is 0.351 e. The minimum Gasteiger partial charge on any atom is -0.394 e. The van der Waals surface area contributed by atoms with Gasteiger partial charge in [-0.2, -0.15) is 4.98 Å². The molecule has 1 aliphatic heterocycles. The zero-order valence-electron chi connectivity index (χ0n) is 22.8. The first-order chi connectivity index (χ1) is 17.5. The number of unbranched alkanes of at least 4 members (excludes halogenated alkanes) is 15. The number of hydrogen-bond acceptors (Lipinski definition) is 7. The Kier molecular flexibility index (Phi) is 20.0. The summed E-state index contributed by atoms with van der Waals surface area (Å²) in [7, 11) is 0. The third kappa shape index (κ3) is 13.9. The van der Waals surface area contributed by atoms with Crippen molar-refractivity contribution in [2.75, 3.05) is 12.3 Å². The van der Waals surface area contributed by atoms with E-state index in [2.05, 4.69) is 11.9 Å². The molecule has 204 valence electrons. The molecule has 0 amide bonds. The van der Waals surface area contributed by atoms with Crippen LogP contribution in [0, 0.1) is 0 Å². The maximum absolute atomic E-state index is 11.5. The molecule has 5 N–H and O–H groups in total. The first kappa shape index (κ1) is 33.5. The number of rotatable bonds is 18. The summed E-state index contributed by atoms with van der Waals surface area (Å²) in [5.41, 5.74) is 4.63. The minimum atomic E-state index is -1.31. The van der Waals surface area contributed by atoms with Crippen molar-refractivity contribution in [3.05, 3.63) is 22.7 Å². The summed E-state index contributed by atoms with van der Waals surface area (Å²) >= 11 is 1.41. The molecule has 2 rings (SSSR count). The summed E-state index contributed by atoms with van der Waals surface area (Å²) in [4.78, 5) is 15.0. The smallest absolute Gasteiger partial charge is 0.351 e. The number of hydrogen-bond donors (Lipinski definition) is 4. The quantitative estimate of drug-likeness (QED) is 0.168. The van der Waals surface area contributed by atoms with E-state index in [1.807, 2.05) is 0 Å². The molecule has 1 aromatic heterocycles. The molecule has 4 atom stereocenters.